The van der Waals surface area contributed by atoms with Crippen molar-refractivity contribution in [3.05, 3.63) is 40.8 Å². The van der Waals surface area contributed by atoms with Gasteiger partial charge in [-0.25, -0.2) is 4.79 Å². The van der Waals surface area contributed by atoms with Crippen LogP contribution in [0.4, 0.5) is 0 Å². The first kappa shape index (κ1) is 12.0. The predicted molar refractivity (Wildman–Crippen MR) is 65.2 cm³/mol. The molecule has 0 aliphatic heterocycles. The molecule has 0 aliphatic carbocycles. The molecule has 1 N–H and O–H groups in total. The molecule has 94 valence electrons. The molecule has 0 fully saturated rings. The van der Waals surface area contributed by atoms with Crippen molar-refractivity contribution in [2.45, 2.75) is 0 Å². The molecule has 1 aromatic carbocycles. The third-order valence-electron chi connectivity index (χ3n) is 2.43. The molecule has 0 saturated carbocycles. The number of benzene rings is 1. The van der Waals surface area contributed by atoms with Gasteiger partial charge in [0.25, 0.3) is 0 Å². The third kappa shape index (κ3) is 2.15. The van der Waals surface area contributed by atoms with E-state index >= 15 is 0 Å². The van der Waals surface area contributed by atoms with Crippen molar-refractivity contribution in [1.29, 1.82) is 0 Å². The molecule has 2 rings (SSSR count). The van der Waals surface area contributed by atoms with Crippen molar-refractivity contribution in [2.24, 2.45) is 0 Å². The van der Waals surface area contributed by atoms with Crippen molar-refractivity contribution in [3.63, 3.8) is 0 Å². The molecule has 0 saturated heterocycles. The lowest BCUT2D eigenvalue weighted by atomic mass is 10.1. The molecule has 0 atom stereocenters. The highest BCUT2D eigenvalue weighted by Crippen LogP contribution is 2.38. The van der Waals surface area contributed by atoms with Gasteiger partial charge in [0, 0.05) is 6.07 Å². The van der Waals surface area contributed by atoms with Gasteiger partial charge < -0.3 is 19.0 Å². The zero-order chi connectivity index (χ0) is 13.1. The van der Waals surface area contributed by atoms with Crippen LogP contribution in [0.2, 0.25) is 0 Å². The van der Waals surface area contributed by atoms with E-state index < -0.39 is 5.63 Å². The van der Waals surface area contributed by atoms with Gasteiger partial charge in [-0.1, -0.05) is 6.07 Å². The zero-order valence-corrected chi connectivity index (χ0v) is 9.97. The second-order valence-electron chi connectivity index (χ2n) is 3.54. The van der Waals surface area contributed by atoms with Crippen molar-refractivity contribution in [3.8, 4) is 28.6 Å². The maximum absolute atomic E-state index is 11.3. The van der Waals surface area contributed by atoms with E-state index in [1.165, 1.54) is 20.3 Å². The van der Waals surface area contributed by atoms with Gasteiger partial charge in [0.15, 0.2) is 0 Å². The number of methoxy groups -OCH3 is 2. The second kappa shape index (κ2) is 4.83. The molecule has 1 heterocycles. The Morgan fingerprint density at radius 2 is 1.72 bits per heavy atom. The molecule has 5 nitrogen and oxygen atoms in total. The summed E-state index contributed by atoms with van der Waals surface area (Å²) in [5.41, 5.74) is -0.159. The molecule has 18 heavy (non-hydrogen) atoms. The highest BCUT2D eigenvalue weighted by Gasteiger charge is 2.15. The topological polar surface area (TPSA) is 68.9 Å². The summed E-state index contributed by atoms with van der Waals surface area (Å²) in [6, 6.07) is 7.50. The summed E-state index contributed by atoms with van der Waals surface area (Å²) in [6.07, 6.45) is 0. The fourth-order valence-electron chi connectivity index (χ4n) is 1.68. The van der Waals surface area contributed by atoms with Gasteiger partial charge in [-0.2, -0.15) is 0 Å². The van der Waals surface area contributed by atoms with Crippen LogP contribution >= 0.6 is 0 Å². The summed E-state index contributed by atoms with van der Waals surface area (Å²) in [5, 5.41) is 9.44. The van der Waals surface area contributed by atoms with Gasteiger partial charge in [-0.05, 0) is 12.1 Å². The summed E-state index contributed by atoms with van der Waals surface area (Å²) in [4.78, 5) is 11.3. The van der Waals surface area contributed by atoms with E-state index in [1.807, 2.05) is 0 Å². The largest absolute Gasteiger partial charge is 0.508 e. The summed E-state index contributed by atoms with van der Waals surface area (Å²) in [6.45, 7) is 0. The van der Waals surface area contributed by atoms with E-state index in [0.717, 1.165) is 6.07 Å². The van der Waals surface area contributed by atoms with Crippen LogP contribution in [-0.4, -0.2) is 19.3 Å². The van der Waals surface area contributed by atoms with Crippen LogP contribution < -0.4 is 15.1 Å². The van der Waals surface area contributed by atoms with Crippen LogP contribution in [0.5, 0.6) is 17.2 Å². The summed E-state index contributed by atoms with van der Waals surface area (Å²) in [5.74, 6) is 0.995. The number of hydrogen-bond acceptors (Lipinski definition) is 5. The van der Waals surface area contributed by atoms with Gasteiger partial charge in [-0.3, -0.25) is 0 Å². The number of aromatic hydroxyl groups is 1. The minimum atomic E-state index is -0.641. The van der Waals surface area contributed by atoms with Gasteiger partial charge in [0.05, 0.1) is 20.3 Å². The number of hydrogen-bond donors (Lipinski definition) is 1. The highest BCUT2D eigenvalue weighted by atomic mass is 16.5. The lowest BCUT2D eigenvalue weighted by Crippen LogP contribution is -1.99. The smallest absolute Gasteiger partial charge is 0.339 e. The van der Waals surface area contributed by atoms with Gasteiger partial charge in [-0.15, -0.1) is 0 Å². The molecule has 0 unspecified atom stereocenters. The molecular formula is C13H12O5. The lowest BCUT2D eigenvalue weighted by Gasteiger charge is -2.11. The highest BCUT2D eigenvalue weighted by molar-refractivity contribution is 5.73. The van der Waals surface area contributed by atoms with E-state index in [4.69, 9.17) is 13.9 Å². The van der Waals surface area contributed by atoms with Gasteiger partial charge in [0.2, 0.25) is 0 Å². The van der Waals surface area contributed by atoms with Crippen molar-refractivity contribution < 1.29 is 19.0 Å². The van der Waals surface area contributed by atoms with Crippen molar-refractivity contribution >= 4 is 0 Å². The van der Waals surface area contributed by atoms with Crippen LogP contribution in [0.3, 0.4) is 0 Å². The Morgan fingerprint density at radius 1 is 1.11 bits per heavy atom. The van der Waals surface area contributed by atoms with Crippen molar-refractivity contribution in [1.82, 2.24) is 0 Å². The zero-order valence-electron chi connectivity index (χ0n) is 9.97. The van der Waals surface area contributed by atoms with E-state index in [-0.39, 0.29) is 11.5 Å². The second-order valence-corrected chi connectivity index (χ2v) is 3.54. The first-order valence-electron chi connectivity index (χ1n) is 5.21. The van der Waals surface area contributed by atoms with E-state index in [1.54, 1.807) is 18.2 Å². The molecule has 0 amide bonds. The fourth-order valence-corrected chi connectivity index (χ4v) is 1.68. The number of rotatable bonds is 3. The third-order valence-corrected chi connectivity index (χ3v) is 2.43. The quantitative estimate of drug-likeness (QED) is 0.900. The Balaban J connectivity index is 2.72. The Morgan fingerprint density at radius 3 is 2.22 bits per heavy atom. The van der Waals surface area contributed by atoms with Crippen LogP contribution in [-0.2, 0) is 0 Å². The maximum atomic E-state index is 11.3. The molecule has 0 aliphatic rings. The summed E-state index contributed by atoms with van der Waals surface area (Å²) in [7, 11) is 3.00. The van der Waals surface area contributed by atoms with Gasteiger partial charge in [0.1, 0.15) is 28.6 Å². The van der Waals surface area contributed by atoms with Crippen LogP contribution in [0.1, 0.15) is 0 Å². The molecule has 0 spiro atoms. The standard InChI is InChI=1S/C13H12O5/c1-16-9-4-3-5-10(17-2)13(9)11-6-8(14)7-12(15)18-11/h3-7,14H,1-2H3. The predicted octanol–water partition coefficient (Wildman–Crippen LogP) is 2.03. The first-order valence-corrected chi connectivity index (χ1v) is 5.21. The van der Waals surface area contributed by atoms with Crippen LogP contribution in [0, 0.1) is 0 Å². The van der Waals surface area contributed by atoms with Gasteiger partial charge >= 0.3 is 5.63 Å². The average molecular weight is 248 g/mol. The SMILES string of the molecule is COc1cccc(OC)c1-c1cc(O)cc(=O)o1. The minimum Gasteiger partial charge on any atom is -0.508 e. The Bertz CT molecular complexity index is 593. The van der Waals surface area contributed by atoms with E-state index in [9.17, 15) is 9.90 Å². The first-order chi connectivity index (χ1) is 8.65. The molecule has 5 heteroatoms. The molecular weight excluding hydrogens is 236 g/mol. The minimum absolute atomic E-state index is 0.172. The fraction of sp³-hybridized carbons (Fsp3) is 0.154. The molecule has 0 radical (unpaired) electrons. The number of ether oxygens (including phenoxy) is 2. The van der Waals surface area contributed by atoms with Crippen molar-refractivity contribution in [2.75, 3.05) is 14.2 Å². The normalized spacial score (nSPS) is 10.1. The molecule has 2 aromatic rings. The Labute approximate surface area is 103 Å². The maximum Gasteiger partial charge on any atom is 0.339 e. The van der Waals surface area contributed by atoms with Crippen LogP contribution in [0.15, 0.2) is 39.5 Å². The lowest BCUT2D eigenvalue weighted by molar-refractivity contribution is 0.392. The van der Waals surface area contributed by atoms with E-state index in [0.29, 0.717) is 17.1 Å². The molecule has 0 bridgehead atoms. The van der Waals surface area contributed by atoms with Crippen LogP contribution in [0.25, 0.3) is 11.3 Å². The monoisotopic (exact) mass is 248 g/mol. The summed E-state index contributed by atoms with van der Waals surface area (Å²) >= 11 is 0. The summed E-state index contributed by atoms with van der Waals surface area (Å²) < 4.78 is 15.5. The average Bonchev–Trinajstić information content (AvgIpc) is 2.36. The molecule has 1 aromatic heterocycles. The Kier molecular flexibility index (Phi) is 3.23. The van der Waals surface area contributed by atoms with E-state index in [2.05, 4.69) is 0 Å². The Hall–Kier alpha value is -2.43.